The summed E-state index contributed by atoms with van der Waals surface area (Å²) in [4.78, 5) is 24.0. The summed E-state index contributed by atoms with van der Waals surface area (Å²) >= 11 is 0. The predicted molar refractivity (Wildman–Crippen MR) is 89.0 cm³/mol. The zero-order chi connectivity index (χ0) is 17.0. The maximum absolute atomic E-state index is 12.0. The summed E-state index contributed by atoms with van der Waals surface area (Å²) < 4.78 is 0. The summed E-state index contributed by atoms with van der Waals surface area (Å²) in [5, 5.41) is 12.6. The molecule has 0 aliphatic rings. The number of hydrogen-bond donors (Lipinski definition) is 3. The first-order valence-electron chi connectivity index (χ1n) is 7.54. The van der Waals surface area contributed by atoms with Gasteiger partial charge in [-0.05, 0) is 45.4 Å². The van der Waals surface area contributed by atoms with Gasteiger partial charge in [0.15, 0.2) is 0 Å². The summed E-state index contributed by atoms with van der Waals surface area (Å²) in [6.45, 7) is 7.61. The fraction of sp³-hybridized carbons (Fsp3) is 0.353. The lowest BCUT2D eigenvalue weighted by molar-refractivity contribution is -0.127. The van der Waals surface area contributed by atoms with Crippen molar-refractivity contribution in [2.45, 2.75) is 40.2 Å². The molecule has 3 N–H and O–H groups in total. The lowest BCUT2D eigenvalue weighted by Gasteiger charge is -2.14. The number of anilines is 1. The quantitative estimate of drug-likeness (QED) is 0.741. The van der Waals surface area contributed by atoms with Crippen LogP contribution in [0.3, 0.4) is 0 Å². The van der Waals surface area contributed by atoms with Crippen LogP contribution >= 0.6 is 0 Å². The molecule has 0 aliphatic heterocycles. The average Bonchev–Trinajstić information content (AvgIpc) is 2.77. The van der Waals surface area contributed by atoms with Crippen LogP contribution < -0.4 is 10.6 Å². The molecule has 1 aromatic carbocycles. The van der Waals surface area contributed by atoms with Crippen molar-refractivity contribution in [1.29, 1.82) is 0 Å². The lowest BCUT2D eigenvalue weighted by atomic mass is 10.1. The minimum Gasteiger partial charge on any atom is -0.349 e. The van der Waals surface area contributed by atoms with E-state index in [1.807, 2.05) is 45.9 Å². The molecular formula is C17H22N4O2. The van der Waals surface area contributed by atoms with E-state index in [2.05, 4.69) is 20.8 Å². The summed E-state index contributed by atoms with van der Waals surface area (Å²) in [5.41, 5.74) is 4.46. The minimum absolute atomic E-state index is 0.201. The number of nitrogens with zero attached hydrogens (tertiary/aromatic N) is 1. The van der Waals surface area contributed by atoms with E-state index in [1.54, 1.807) is 6.07 Å². The van der Waals surface area contributed by atoms with Gasteiger partial charge in [0.1, 0.15) is 6.42 Å². The van der Waals surface area contributed by atoms with E-state index >= 15 is 0 Å². The number of nitrogens with one attached hydrogen (secondary N) is 3. The smallest absolute Gasteiger partial charge is 0.233 e. The molecule has 1 unspecified atom stereocenters. The maximum Gasteiger partial charge on any atom is 0.233 e. The number of aromatic amines is 1. The molecule has 0 bridgehead atoms. The third kappa shape index (κ3) is 4.42. The molecule has 122 valence electrons. The zero-order valence-corrected chi connectivity index (χ0v) is 13.9. The number of benzene rings is 1. The van der Waals surface area contributed by atoms with Gasteiger partial charge >= 0.3 is 0 Å². The van der Waals surface area contributed by atoms with Crippen LogP contribution in [-0.2, 0) is 9.59 Å². The summed E-state index contributed by atoms with van der Waals surface area (Å²) in [6.07, 6.45) is -0.214. The number of aryl methyl sites for hydroxylation is 3. The van der Waals surface area contributed by atoms with Gasteiger partial charge in [-0.2, -0.15) is 5.10 Å². The van der Waals surface area contributed by atoms with Gasteiger partial charge < -0.3 is 10.6 Å². The van der Waals surface area contributed by atoms with Crippen molar-refractivity contribution in [3.63, 3.8) is 0 Å². The topological polar surface area (TPSA) is 86.9 Å². The number of aromatic nitrogens is 2. The summed E-state index contributed by atoms with van der Waals surface area (Å²) in [6, 6.07) is 7.25. The van der Waals surface area contributed by atoms with E-state index in [4.69, 9.17) is 0 Å². The molecule has 0 aliphatic carbocycles. The van der Waals surface area contributed by atoms with Gasteiger partial charge in [0.25, 0.3) is 0 Å². The van der Waals surface area contributed by atoms with E-state index in [-0.39, 0.29) is 24.3 Å². The second-order valence-electron chi connectivity index (χ2n) is 5.73. The van der Waals surface area contributed by atoms with Crippen molar-refractivity contribution < 1.29 is 9.59 Å². The Morgan fingerprint density at radius 3 is 2.57 bits per heavy atom. The van der Waals surface area contributed by atoms with Crippen molar-refractivity contribution >= 4 is 17.5 Å². The van der Waals surface area contributed by atoms with E-state index in [0.717, 1.165) is 22.5 Å². The molecule has 0 spiro atoms. The SMILES string of the molecule is Cc1cccc(NC(=O)CC(=O)NC(C)c2c(C)n[nH]c2C)c1. The second-order valence-corrected chi connectivity index (χ2v) is 5.73. The molecule has 2 aromatic rings. The minimum atomic E-state index is -0.332. The second kappa shape index (κ2) is 7.09. The van der Waals surface area contributed by atoms with Crippen LogP contribution in [0.4, 0.5) is 5.69 Å². The Labute approximate surface area is 135 Å². The number of carbonyl (C=O) groups excluding carboxylic acids is 2. The number of carbonyl (C=O) groups is 2. The first-order chi connectivity index (χ1) is 10.9. The molecule has 0 fully saturated rings. The first kappa shape index (κ1) is 16.7. The molecule has 1 aromatic heterocycles. The summed E-state index contributed by atoms with van der Waals surface area (Å²) in [7, 11) is 0. The highest BCUT2D eigenvalue weighted by atomic mass is 16.2. The molecule has 2 amide bonds. The van der Waals surface area contributed by atoms with E-state index in [0.29, 0.717) is 5.69 Å². The van der Waals surface area contributed by atoms with Crippen LogP contribution in [0.25, 0.3) is 0 Å². The van der Waals surface area contributed by atoms with Crippen molar-refractivity contribution in [3.8, 4) is 0 Å². The molecule has 6 heteroatoms. The zero-order valence-electron chi connectivity index (χ0n) is 13.9. The largest absolute Gasteiger partial charge is 0.349 e. The summed E-state index contributed by atoms with van der Waals surface area (Å²) in [5.74, 6) is -0.649. The Hall–Kier alpha value is -2.63. The van der Waals surface area contributed by atoms with Crippen LogP contribution in [0.1, 0.15) is 41.9 Å². The molecule has 0 saturated heterocycles. The molecule has 0 radical (unpaired) electrons. The van der Waals surface area contributed by atoms with Crippen molar-refractivity contribution in [1.82, 2.24) is 15.5 Å². The number of H-pyrrole nitrogens is 1. The monoisotopic (exact) mass is 314 g/mol. The molecule has 1 heterocycles. The Balaban J connectivity index is 1.90. The van der Waals surface area contributed by atoms with Gasteiger partial charge in [0, 0.05) is 16.9 Å². The van der Waals surface area contributed by atoms with Gasteiger partial charge in [0.05, 0.1) is 11.7 Å². The van der Waals surface area contributed by atoms with Gasteiger partial charge in [0.2, 0.25) is 11.8 Å². The van der Waals surface area contributed by atoms with E-state index in [1.165, 1.54) is 0 Å². The van der Waals surface area contributed by atoms with Crippen LogP contribution in [-0.4, -0.2) is 22.0 Å². The van der Waals surface area contributed by atoms with E-state index in [9.17, 15) is 9.59 Å². The normalized spacial score (nSPS) is 11.8. The predicted octanol–water partition coefficient (Wildman–Crippen LogP) is 2.54. The fourth-order valence-electron chi connectivity index (χ4n) is 2.64. The molecule has 6 nitrogen and oxygen atoms in total. The van der Waals surface area contributed by atoms with Crippen LogP contribution in [0, 0.1) is 20.8 Å². The number of amides is 2. The third-order valence-electron chi connectivity index (χ3n) is 3.62. The Kier molecular flexibility index (Phi) is 5.16. The maximum atomic E-state index is 12.0. The Morgan fingerprint density at radius 1 is 1.22 bits per heavy atom. The molecular weight excluding hydrogens is 292 g/mol. The highest BCUT2D eigenvalue weighted by molar-refractivity contribution is 6.03. The molecule has 1 atom stereocenters. The van der Waals surface area contributed by atoms with Crippen LogP contribution in [0.2, 0.25) is 0 Å². The average molecular weight is 314 g/mol. The fourth-order valence-corrected chi connectivity index (χ4v) is 2.64. The number of hydrogen-bond acceptors (Lipinski definition) is 3. The highest BCUT2D eigenvalue weighted by Gasteiger charge is 2.18. The third-order valence-corrected chi connectivity index (χ3v) is 3.62. The first-order valence-corrected chi connectivity index (χ1v) is 7.54. The van der Waals surface area contributed by atoms with Gasteiger partial charge in [-0.15, -0.1) is 0 Å². The molecule has 2 rings (SSSR count). The van der Waals surface area contributed by atoms with Gasteiger partial charge in [-0.25, -0.2) is 0 Å². The number of rotatable bonds is 5. The van der Waals surface area contributed by atoms with Crippen LogP contribution in [0.15, 0.2) is 24.3 Å². The highest BCUT2D eigenvalue weighted by Crippen LogP contribution is 2.19. The molecule has 0 saturated carbocycles. The van der Waals surface area contributed by atoms with Gasteiger partial charge in [-0.3, -0.25) is 14.7 Å². The lowest BCUT2D eigenvalue weighted by Crippen LogP contribution is -2.30. The van der Waals surface area contributed by atoms with Crippen LogP contribution in [0.5, 0.6) is 0 Å². The van der Waals surface area contributed by atoms with Crippen molar-refractivity contribution in [2.75, 3.05) is 5.32 Å². The van der Waals surface area contributed by atoms with E-state index < -0.39 is 0 Å². The molecule has 23 heavy (non-hydrogen) atoms. The standard InChI is InChI=1S/C17H22N4O2/c1-10-6-5-7-14(8-10)19-16(23)9-15(22)18-11(2)17-12(3)20-21-13(17)4/h5-8,11H,9H2,1-4H3,(H,18,22)(H,19,23)(H,20,21). The van der Waals surface area contributed by atoms with Gasteiger partial charge in [-0.1, -0.05) is 12.1 Å². The van der Waals surface area contributed by atoms with Crippen molar-refractivity contribution in [2.24, 2.45) is 0 Å². The Bertz CT molecular complexity index is 702. The Morgan fingerprint density at radius 2 is 1.96 bits per heavy atom. The van der Waals surface area contributed by atoms with Crippen molar-refractivity contribution in [3.05, 3.63) is 46.8 Å².